The van der Waals surface area contributed by atoms with Crippen LogP contribution in [0.5, 0.6) is 0 Å². The average molecular weight is 355 g/mol. The maximum absolute atomic E-state index is 12.0. The summed E-state index contributed by atoms with van der Waals surface area (Å²) in [5.41, 5.74) is -1.46. The third kappa shape index (κ3) is 9.08. The summed E-state index contributed by atoms with van der Waals surface area (Å²) < 4.78 is 0. The molecule has 0 aromatic rings. The minimum Gasteiger partial charge on any atom is -0.481 e. The average Bonchev–Trinajstić information content (AvgIpc) is 2.58. The van der Waals surface area contributed by atoms with E-state index in [2.05, 4.69) is 20.4 Å². The third-order valence-corrected chi connectivity index (χ3v) is 5.16. The second-order valence-electron chi connectivity index (χ2n) is 7.21. The van der Waals surface area contributed by atoms with Crippen molar-refractivity contribution in [3.8, 4) is 0 Å². The van der Waals surface area contributed by atoms with Crippen LogP contribution in [-0.2, 0) is 9.59 Å². The zero-order valence-corrected chi connectivity index (χ0v) is 16.3. The van der Waals surface area contributed by atoms with Gasteiger partial charge in [-0.2, -0.15) is 0 Å². The number of carboxylic acids is 2. The monoisotopic (exact) mass is 354 g/mol. The molecule has 0 radical (unpaired) electrons. The van der Waals surface area contributed by atoms with Gasteiger partial charge in [0.1, 0.15) is 0 Å². The molecule has 146 valence electrons. The third-order valence-electron chi connectivity index (χ3n) is 5.16. The van der Waals surface area contributed by atoms with Gasteiger partial charge in [-0.1, -0.05) is 97.5 Å². The molecule has 25 heavy (non-hydrogen) atoms. The Bertz CT molecular complexity index is 385. The van der Waals surface area contributed by atoms with Crippen LogP contribution in [0, 0.1) is 5.41 Å². The van der Waals surface area contributed by atoms with Crippen molar-refractivity contribution in [3.05, 3.63) is 12.2 Å². The highest BCUT2D eigenvalue weighted by atomic mass is 16.4. The van der Waals surface area contributed by atoms with E-state index in [0.29, 0.717) is 12.8 Å². The van der Waals surface area contributed by atoms with Gasteiger partial charge in [0.15, 0.2) is 0 Å². The standard InChI is InChI=1S/C21H38O4/c1-4-6-8-10-12-14-16-21(20(24)25,18(3)19(22)23)17-15-13-11-9-7-5-2/h3-17H2,1-2H3,(H,22,23)(H,24,25). The van der Waals surface area contributed by atoms with E-state index in [9.17, 15) is 19.8 Å². The minimum atomic E-state index is -1.30. The second kappa shape index (κ2) is 13.9. The zero-order chi connectivity index (χ0) is 19.1. The van der Waals surface area contributed by atoms with Crippen LogP contribution in [-0.4, -0.2) is 22.2 Å². The molecule has 4 heteroatoms. The highest BCUT2D eigenvalue weighted by Gasteiger charge is 2.43. The summed E-state index contributed by atoms with van der Waals surface area (Å²) in [5.74, 6) is -2.21. The van der Waals surface area contributed by atoms with Crippen molar-refractivity contribution in [1.82, 2.24) is 0 Å². The highest BCUT2D eigenvalue weighted by molar-refractivity contribution is 5.95. The number of hydrogen-bond donors (Lipinski definition) is 2. The van der Waals surface area contributed by atoms with Crippen molar-refractivity contribution >= 4 is 11.9 Å². The zero-order valence-electron chi connectivity index (χ0n) is 16.3. The Morgan fingerprint density at radius 1 is 0.720 bits per heavy atom. The number of aliphatic carboxylic acids is 2. The second-order valence-corrected chi connectivity index (χ2v) is 7.21. The minimum absolute atomic E-state index is 0.151. The van der Waals surface area contributed by atoms with E-state index < -0.39 is 17.4 Å². The van der Waals surface area contributed by atoms with Gasteiger partial charge in [0.2, 0.25) is 0 Å². The fourth-order valence-corrected chi connectivity index (χ4v) is 3.39. The van der Waals surface area contributed by atoms with E-state index >= 15 is 0 Å². The number of unbranched alkanes of at least 4 members (excludes halogenated alkanes) is 10. The van der Waals surface area contributed by atoms with Gasteiger partial charge in [-0.05, 0) is 12.8 Å². The Morgan fingerprint density at radius 3 is 1.40 bits per heavy atom. The van der Waals surface area contributed by atoms with Crippen molar-refractivity contribution in [2.75, 3.05) is 0 Å². The normalized spacial score (nSPS) is 11.4. The molecule has 0 amide bonds. The van der Waals surface area contributed by atoms with Crippen molar-refractivity contribution in [2.24, 2.45) is 5.41 Å². The van der Waals surface area contributed by atoms with Gasteiger partial charge < -0.3 is 10.2 Å². The van der Waals surface area contributed by atoms with Gasteiger partial charge in [-0.15, -0.1) is 0 Å². The molecule has 0 bridgehead atoms. The summed E-state index contributed by atoms with van der Waals surface area (Å²) in [6.07, 6.45) is 13.4. The molecule has 0 rings (SSSR count). The Balaban J connectivity index is 4.69. The largest absolute Gasteiger partial charge is 0.481 e. The molecule has 0 atom stereocenters. The van der Waals surface area contributed by atoms with Crippen LogP contribution >= 0.6 is 0 Å². The summed E-state index contributed by atoms with van der Waals surface area (Å²) in [6, 6.07) is 0. The molecule has 0 saturated heterocycles. The Kier molecular flexibility index (Phi) is 13.2. The van der Waals surface area contributed by atoms with E-state index in [-0.39, 0.29) is 5.57 Å². The maximum atomic E-state index is 12.0. The van der Waals surface area contributed by atoms with Crippen LogP contribution in [0.2, 0.25) is 0 Å². The number of hydrogen-bond acceptors (Lipinski definition) is 2. The van der Waals surface area contributed by atoms with Crippen molar-refractivity contribution in [2.45, 2.75) is 104 Å². The molecule has 0 aliphatic rings. The summed E-state index contributed by atoms with van der Waals surface area (Å²) in [4.78, 5) is 23.4. The fraction of sp³-hybridized carbons (Fsp3) is 0.810. The topological polar surface area (TPSA) is 74.6 Å². The molecule has 0 aromatic heterocycles. The molecular weight excluding hydrogens is 316 g/mol. The smallest absolute Gasteiger partial charge is 0.332 e. The van der Waals surface area contributed by atoms with E-state index in [4.69, 9.17) is 0 Å². The molecule has 0 aliphatic heterocycles. The highest BCUT2D eigenvalue weighted by Crippen LogP contribution is 2.39. The van der Waals surface area contributed by atoms with Gasteiger partial charge >= 0.3 is 11.9 Å². The van der Waals surface area contributed by atoms with Crippen LogP contribution in [0.25, 0.3) is 0 Å². The number of carboxylic acid groups (broad SMARTS) is 2. The lowest BCUT2D eigenvalue weighted by atomic mass is 9.72. The lowest BCUT2D eigenvalue weighted by molar-refractivity contribution is -0.151. The van der Waals surface area contributed by atoms with E-state index in [0.717, 1.165) is 51.4 Å². The van der Waals surface area contributed by atoms with Crippen LogP contribution in [0.4, 0.5) is 0 Å². The van der Waals surface area contributed by atoms with Crippen molar-refractivity contribution < 1.29 is 19.8 Å². The summed E-state index contributed by atoms with van der Waals surface area (Å²) in [7, 11) is 0. The SMILES string of the molecule is C=C(C(=O)O)C(CCCCCCCC)(CCCCCCCC)C(=O)O. The van der Waals surface area contributed by atoms with Gasteiger partial charge in [0.05, 0.1) is 5.41 Å². The molecule has 0 aliphatic carbocycles. The first-order chi connectivity index (χ1) is 11.9. The molecule has 0 saturated carbocycles. The summed E-state index contributed by atoms with van der Waals surface area (Å²) in [5, 5.41) is 19.1. The van der Waals surface area contributed by atoms with Crippen molar-refractivity contribution in [3.63, 3.8) is 0 Å². The maximum Gasteiger partial charge on any atom is 0.332 e. The first kappa shape index (κ1) is 23.7. The Labute approximate surface area is 153 Å². The first-order valence-corrected chi connectivity index (χ1v) is 10.1. The van der Waals surface area contributed by atoms with E-state index in [1.54, 1.807) is 0 Å². The molecule has 0 spiro atoms. The predicted octanol–water partition coefficient (Wildman–Crippen LogP) is 6.20. The summed E-state index contributed by atoms with van der Waals surface area (Å²) >= 11 is 0. The first-order valence-electron chi connectivity index (χ1n) is 10.1. The van der Waals surface area contributed by atoms with Crippen LogP contribution < -0.4 is 0 Å². The molecule has 0 fully saturated rings. The van der Waals surface area contributed by atoms with Crippen LogP contribution in [0.3, 0.4) is 0 Å². The predicted molar refractivity (Wildman–Crippen MR) is 103 cm³/mol. The lowest BCUT2D eigenvalue weighted by Gasteiger charge is -2.30. The van der Waals surface area contributed by atoms with Crippen molar-refractivity contribution in [1.29, 1.82) is 0 Å². The van der Waals surface area contributed by atoms with E-state index in [1.807, 2.05) is 0 Å². The summed E-state index contributed by atoms with van der Waals surface area (Å²) in [6.45, 7) is 7.94. The van der Waals surface area contributed by atoms with Gasteiger partial charge in [-0.25, -0.2) is 4.79 Å². The molecule has 0 unspecified atom stereocenters. The van der Waals surface area contributed by atoms with Crippen LogP contribution in [0.15, 0.2) is 12.2 Å². The number of rotatable bonds is 17. The molecule has 0 heterocycles. The molecule has 0 aromatic carbocycles. The molecular formula is C21H38O4. The molecule has 4 nitrogen and oxygen atoms in total. The van der Waals surface area contributed by atoms with E-state index in [1.165, 1.54) is 25.7 Å². The fourth-order valence-electron chi connectivity index (χ4n) is 3.39. The Hall–Kier alpha value is -1.32. The molecule has 2 N–H and O–H groups in total. The Morgan fingerprint density at radius 2 is 1.08 bits per heavy atom. The number of carbonyl (C=O) groups is 2. The quantitative estimate of drug-likeness (QED) is 0.241. The van der Waals surface area contributed by atoms with Crippen LogP contribution in [0.1, 0.15) is 104 Å². The lowest BCUT2D eigenvalue weighted by Crippen LogP contribution is -2.36. The van der Waals surface area contributed by atoms with Gasteiger partial charge in [-0.3, -0.25) is 4.79 Å². The van der Waals surface area contributed by atoms with Gasteiger partial charge in [0.25, 0.3) is 0 Å². The van der Waals surface area contributed by atoms with Gasteiger partial charge in [0, 0.05) is 5.57 Å².